The number of nitrogens with two attached hydrogens (primary N) is 1. The van der Waals surface area contributed by atoms with Crippen LogP contribution in [0.3, 0.4) is 0 Å². The van der Waals surface area contributed by atoms with Gasteiger partial charge in [-0.3, -0.25) is 0 Å². The van der Waals surface area contributed by atoms with Crippen molar-refractivity contribution in [3.05, 3.63) is 41.0 Å². The Morgan fingerprint density at radius 2 is 2.00 bits per heavy atom. The van der Waals surface area contributed by atoms with Gasteiger partial charge in [0.2, 0.25) is 0 Å². The van der Waals surface area contributed by atoms with Crippen molar-refractivity contribution in [1.82, 2.24) is 0 Å². The smallest absolute Gasteiger partial charge is 0.0349 e. The minimum absolute atomic E-state index is 0.929. The van der Waals surface area contributed by atoms with E-state index in [4.69, 9.17) is 5.73 Å². The molecule has 1 rings (SSSR count). The van der Waals surface area contributed by atoms with Crippen molar-refractivity contribution in [2.24, 2.45) is 0 Å². The quantitative estimate of drug-likeness (QED) is 0.586. The van der Waals surface area contributed by atoms with Gasteiger partial charge in [-0.05, 0) is 55.9 Å². The monoisotopic (exact) mass is 203 g/mol. The van der Waals surface area contributed by atoms with E-state index in [1.165, 1.54) is 22.3 Å². The van der Waals surface area contributed by atoms with Gasteiger partial charge in [0.25, 0.3) is 0 Å². The zero-order chi connectivity index (χ0) is 11.4. The Labute approximate surface area is 93.0 Å². The van der Waals surface area contributed by atoms with Gasteiger partial charge >= 0.3 is 0 Å². The highest BCUT2D eigenvalue weighted by Gasteiger charge is 2.03. The molecule has 0 aliphatic rings. The third-order valence-electron chi connectivity index (χ3n) is 2.80. The van der Waals surface area contributed by atoms with Crippen molar-refractivity contribution < 1.29 is 0 Å². The highest BCUT2D eigenvalue weighted by atomic mass is 14.6. The number of hydrogen-bond acceptors (Lipinski definition) is 1. The van der Waals surface area contributed by atoms with Gasteiger partial charge in [-0.1, -0.05) is 18.6 Å². The minimum Gasteiger partial charge on any atom is -0.398 e. The van der Waals surface area contributed by atoms with Gasteiger partial charge in [-0.25, -0.2) is 0 Å². The highest BCUT2D eigenvalue weighted by Crippen LogP contribution is 2.21. The molecule has 0 unspecified atom stereocenters. The Kier molecular flexibility index (Phi) is 3.96. The summed E-state index contributed by atoms with van der Waals surface area (Å²) in [7, 11) is 0. The molecule has 82 valence electrons. The first-order valence-electron chi connectivity index (χ1n) is 5.56. The number of aryl methyl sites for hydroxylation is 3. The summed E-state index contributed by atoms with van der Waals surface area (Å²) in [6, 6.07) is 4.33. The summed E-state index contributed by atoms with van der Waals surface area (Å²) in [6.07, 6.45) is 3.08. The van der Waals surface area contributed by atoms with Crippen LogP contribution in [0.1, 0.15) is 37.0 Å². The summed E-state index contributed by atoms with van der Waals surface area (Å²) in [5.74, 6) is 0. The molecule has 0 bridgehead atoms. The van der Waals surface area contributed by atoms with E-state index < -0.39 is 0 Å². The van der Waals surface area contributed by atoms with E-state index in [0.29, 0.717) is 0 Å². The molecular formula is C14H21N. The van der Waals surface area contributed by atoms with Crippen LogP contribution in [0.2, 0.25) is 0 Å². The second kappa shape index (κ2) is 5.01. The summed E-state index contributed by atoms with van der Waals surface area (Å²) < 4.78 is 0. The lowest BCUT2D eigenvalue weighted by Crippen LogP contribution is -1.99. The summed E-state index contributed by atoms with van der Waals surface area (Å²) in [6.45, 7) is 10.3. The Morgan fingerprint density at radius 1 is 1.33 bits per heavy atom. The molecule has 0 saturated heterocycles. The van der Waals surface area contributed by atoms with Crippen molar-refractivity contribution >= 4 is 5.69 Å². The van der Waals surface area contributed by atoms with E-state index in [2.05, 4.69) is 39.5 Å². The second-order valence-electron chi connectivity index (χ2n) is 4.29. The number of rotatable bonds is 4. The SMILES string of the molecule is C=C(C)CCc1cc(C)c(CC)cc1N. The van der Waals surface area contributed by atoms with Crippen LogP contribution in [0.5, 0.6) is 0 Å². The molecule has 0 fully saturated rings. The van der Waals surface area contributed by atoms with E-state index in [9.17, 15) is 0 Å². The molecule has 0 spiro atoms. The summed E-state index contributed by atoms with van der Waals surface area (Å²) in [5, 5.41) is 0. The van der Waals surface area contributed by atoms with Crippen molar-refractivity contribution in [1.29, 1.82) is 0 Å². The topological polar surface area (TPSA) is 26.0 Å². The third-order valence-corrected chi connectivity index (χ3v) is 2.80. The number of hydrogen-bond donors (Lipinski definition) is 1. The fourth-order valence-corrected chi connectivity index (χ4v) is 1.78. The standard InChI is InChI=1S/C14H21N/c1-5-12-9-14(15)13(8-11(12)4)7-6-10(2)3/h8-9H,2,5-7,15H2,1,3-4H3. The van der Waals surface area contributed by atoms with Gasteiger partial charge in [-0.2, -0.15) is 0 Å². The average molecular weight is 203 g/mol. The number of allylic oxidation sites excluding steroid dienone is 1. The van der Waals surface area contributed by atoms with Crippen molar-refractivity contribution in [3.63, 3.8) is 0 Å². The van der Waals surface area contributed by atoms with Gasteiger partial charge in [0.05, 0.1) is 0 Å². The van der Waals surface area contributed by atoms with Gasteiger partial charge in [-0.15, -0.1) is 6.58 Å². The molecule has 1 aromatic carbocycles. The van der Waals surface area contributed by atoms with Crippen LogP contribution in [0.4, 0.5) is 5.69 Å². The van der Waals surface area contributed by atoms with E-state index in [1.807, 2.05) is 0 Å². The molecule has 0 radical (unpaired) electrons. The molecular weight excluding hydrogens is 182 g/mol. The van der Waals surface area contributed by atoms with Gasteiger partial charge < -0.3 is 5.73 Å². The fourth-order valence-electron chi connectivity index (χ4n) is 1.78. The summed E-state index contributed by atoms with van der Waals surface area (Å²) in [4.78, 5) is 0. The van der Waals surface area contributed by atoms with E-state index >= 15 is 0 Å². The van der Waals surface area contributed by atoms with Crippen molar-refractivity contribution in [3.8, 4) is 0 Å². The van der Waals surface area contributed by atoms with Crippen molar-refractivity contribution in [2.45, 2.75) is 40.0 Å². The zero-order valence-corrected chi connectivity index (χ0v) is 10.1. The van der Waals surface area contributed by atoms with E-state index in [1.54, 1.807) is 0 Å². The summed E-state index contributed by atoms with van der Waals surface area (Å²) >= 11 is 0. The van der Waals surface area contributed by atoms with Crippen LogP contribution >= 0.6 is 0 Å². The molecule has 0 aliphatic carbocycles. The Morgan fingerprint density at radius 3 is 2.53 bits per heavy atom. The average Bonchev–Trinajstić information content (AvgIpc) is 2.18. The maximum absolute atomic E-state index is 6.02. The molecule has 15 heavy (non-hydrogen) atoms. The molecule has 1 heteroatoms. The zero-order valence-electron chi connectivity index (χ0n) is 10.1. The van der Waals surface area contributed by atoms with Crippen LogP contribution in [0, 0.1) is 6.92 Å². The molecule has 0 aliphatic heterocycles. The molecule has 0 heterocycles. The molecule has 0 saturated carbocycles. The Bertz CT molecular complexity index is 364. The van der Waals surface area contributed by atoms with Crippen LogP contribution in [-0.2, 0) is 12.8 Å². The van der Waals surface area contributed by atoms with Gasteiger partial charge in [0, 0.05) is 5.69 Å². The lowest BCUT2D eigenvalue weighted by Gasteiger charge is -2.10. The van der Waals surface area contributed by atoms with E-state index in [-0.39, 0.29) is 0 Å². The maximum Gasteiger partial charge on any atom is 0.0349 e. The normalized spacial score (nSPS) is 10.3. The molecule has 0 atom stereocenters. The first-order chi connectivity index (χ1) is 7.04. The number of nitrogen functional groups attached to an aromatic ring is 1. The molecule has 0 aromatic heterocycles. The van der Waals surface area contributed by atoms with Gasteiger partial charge in [0.1, 0.15) is 0 Å². The molecule has 2 N–H and O–H groups in total. The lowest BCUT2D eigenvalue weighted by molar-refractivity contribution is 0.943. The van der Waals surface area contributed by atoms with Crippen molar-refractivity contribution in [2.75, 3.05) is 5.73 Å². The first kappa shape index (κ1) is 11.8. The Hall–Kier alpha value is -1.24. The van der Waals surface area contributed by atoms with Crippen LogP contribution in [0.25, 0.3) is 0 Å². The second-order valence-corrected chi connectivity index (χ2v) is 4.29. The minimum atomic E-state index is 0.929. The summed E-state index contributed by atoms with van der Waals surface area (Å²) in [5.41, 5.74) is 12.1. The number of anilines is 1. The highest BCUT2D eigenvalue weighted by molar-refractivity contribution is 5.52. The van der Waals surface area contributed by atoms with Crippen LogP contribution < -0.4 is 5.73 Å². The molecule has 1 nitrogen and oxygen atoms in total. The number of benzene rings is 1. The predicted octanol–water partition coefficient (Wildman–Crippen LogP) is 3.65. The maximum atomic E-state index is 6.02. The lowest BCUT2D eigenvalue weighted by atomic mass is 9.98. The first-order valence-corrected chi connectivity index (χ1v) is 5.56. The Balaban J connectivity index is 2.90. The van der Waals surface area contributed by atoms with Gasteiger partial charge in [0.15, 0.2) is 0 Å². The van der Waals surface area contributed by atoms with Crippen LogP contribution in [0.15, 0.2) is 24.3 Å². The predicted molar refractivity (Wildman–Crippen MR) is 68.1 cm³/mol. The van der Waals surface area contributed by atoms with Crippen LogP contribution in [-0.4, -0.2) is 0 Å². The molecule has 1 aromatic rings. The van der Waals surface area contributed by atoms with E-state index in [0.717, 1.165) is 24.9 Å². The largest absolute Gasteiger partial charge is 0.398 e. The fraction of sp³-hybridized carbons (Fsp3) is 0.429. The third kappa shape index (κ3) is 3.12. The molecule has 0 amide bonds.